The maximum atomic E-state index is 4.70. The summed E-state index contributed by atoms with van der Waals surface area (Å²) in [5.74, 6) is 1.18. The van der Waals surface area contributed by atoms with Gasteiger partial charge in [-0.15, -0.1) is 0 Å². The van der Waals surface area contributed by atoms with Crippen LogP contribution in [0.2, 0.25) is 0 Å². The van der Waals surface area contributed by atoms with Gasteiger partial charge in [0.25, 0.3) is 0 Å². The molecule has 19 heavy (non-hydrogen) atoms. The number of rotatable bonds is 3. The van der Waals surface area contributed by atoms with E-state index in [2.05, 4.69) is 37.1 Å². The van der Waals surface area contributed by atoms with E-state index in [1.165, 1.54) is 36.2 Å². The summed E-state index contributed by atoms with van der Waals surface area (Å²) in [7, 11) is 1.97. The molecule has 1 N–H and O–H groups in total. The lowest BCUT2D eigenvalue weighted by molar-refractivity contribution is 0.325. The third-order valence-corrected chi connectivity index (χ3v) is 4.13. The summed E-state index contributed by atoms with van der Waals surface area (Å²) in [5, 5.41) is 3.18. The molecule has 0 unspecified atom stereocenters. The molecule has 0 amide bonds. The Kier molecular flexibility index (Phi) is 4.46. The maximum absolute atomic E-state index is 4.70. The van der Waals surface area contributed by atoms with E-state index in [9.17, 15) is 0 Å². The van der Waals surface area contributed by atoms with Crippen LogP contribution in [-0.2, 0) is 6.54 Å². The molecule has 1 aromatic heterocycles. The smallest absolute Gasteiger partial charge is 0.131 e. The Morgan fingerprint density at radius 1 is 1.32 bits per heavy atom. The number of nitrogens with zero attached hydrogens (tertiary/aromatic N) is 2. The molecular weight excluding hydrogens is 234 g/mol. The molecule has 1 aliphatic heterocycles. The average molecular weight is 261 g/mol. The van der Waals surface area contributed by atoms with Gasteiger partial charge in [0.15, 0.2) is 0 Å². The van der Waals surface area contributed by atoms with Crippen molar-refractivity contribution in [1.29, 1.82) is 0 Å². The number of nitrogens with one attached hydrogen (secondary N) is 1. The Morgan fingerprint density at radius 3 is 2.79 bits per heavy atom. The van der Waals surface area contributed by atoms with Crippen molar-refractivity contribution in [3.8, 4) is 0 Å². The van der Waals surface area contributed by atoms with E-state index < -0.39 is 0 Å². The number of aromatic nitrogens is 1. The van der Waals surface area contributed by atoms with Crippen LogP contribution < -0.4 is 10.2 Å². The minimum atomic E-state index is 0.481. The van der Waals surface area contributed by atoms with Crippen molar-refractivity contribution in [2.45, 2.75) is 46.6 Å². The Bertz CT molecular complexity index is 426. The second kappa shape index (κ2) is 5.91. The Balaban J connectivity index is 2.13. The van der Waals surface area contributed by atoms with E-state index in [1.807, 2.05) is 13.2 Å². The van der Waals surface area contributed by atoms with Crippen molar-refractivity contribution in [3.63, 3.8) is 0 Å². The topological polar surface area (TPSA) is 28.2 Å². The Morgan fingerprint density at radius 2 is 2.11 bits per heavy atom. The molecule has 3 nitrogen and oxygen atoms in total. The highest BCUT2D eigenvalue weighted by Gasteiger charge is 2.24. The molecule has 1 aromatic rings. The normalized spacial score (nSPS) is 19.3. The molecule has 0 bridgehead atoms. The largest absolute Gasteiger partial charge is 0.356 e. The highest BCUT2D eigenvalue weighted by molar-refractivity contribution is 5.47. The van der Waals surface area contributed by atoms with Crippen molar-refractivity contribution < 1.29 is 0 Å². The first-order valence-electron chi connectivity index (χ1n) is 7.37. The van der Waals surface area contributed by atoms with E-state index in [-0.39, 0.29) is 0 Å². The van der Waals surface area contributed by atoms with Crippen LogP contribution in [0.1, 0.15) is 44.2 Å². The second-order valence-electron chi connectivity index (χ2n) is 6.52. The lowest BCUT2D eigenvalue weighted by Gasteiger charge is -2.25. The van der Waals surface area contributed by atoms with Gasteiger partial charge in [0.2, 0.25) is 0 Å². The van der Waals surface area contributed by atoms with E-state index in [4.69, 9.17) is 4.98 Å². The van der Waals surface area contributed by atoms with Crippen LogP contribution >= 0.6 is 0 Å². The maximum Gasteiger partial charge on any atom is 0.131 e. The van der Waals surface area contributed by atoms with Crippen molar-refractivity contribution in [1.82, 2.24) is 10.3 Å². The van der Waals surface area contributed by atoms with E-state index in [1.54, 1.807) is 0 Å². The van der Waals surface area contributed by atoms with Gasteiger partial charge in [0.05, 0.1) is 0 Å². The van der Waals surface area contributed by atoms with Crippen molar-refractivity contribution >= 4 is 5.82 Å². The van der Waals surface area contributed by atoms with Crippen LogP contribution in [0.5, 0.6) is 0 Å². The molecule has 0 aromatic carbocycles. The van der Waals surface area contributed by atoms with Gasteiger partial charge in [0, 0.05) is 25.8 Å². The summed E-state index contributed by atoms with van der Waals surface area (Å²) in [6.45, 7) is 10.1. The van der Waals surface area contributed by atoms with Gasteiger partial charge in [-0.2, -0.15) is 0 Å². The first kappa shape index (κ1) is 14.3. The summed E-state index contributed by atoms with van der Waals surface area (Å²) >= 11 is 0. The number of anilines is 1. The lowest BCUT2D eigenvalue weighted by Crippen LogP contribution is -2.26. The number of pyridine rings is 1. The summed E-state index contributed by atoms with van der Waals surface area (Å²) in [6.07, 6.45) is 5.86. The third kappa shape index (κ3) is 3.69. The van der Waals surface area contributed by atoms with E-state index in [0.29, 0.717) is 5.41 Å². The fourth-order valence-electron chi connectivity index (χ4n) is 2.89. The van der Waals surface area contributed by atoms with Crippen LogP contribution in [0.25, 0.3) is 0 Å². The minimum Gasteiger partial charge on any atom is -0.356 e. The molecule has 2 heterocycles. The summed E-state index contributed by atoms with van der Waals surface area (Å²) in [6, 6.07) is 2.26. The Hall–Kier alpha value is -1.09. The summed E-state index contributed by atoms with van der Waals surface area (Å²) in [5.41, 5.74) is 3.04. The molecule has 1 aliphatic rings. The summed E-state index contributed by atoms with van der Waals surface area (Å²) in [4.78, 5) is 7.16. The number of aryl methyl sites for hydroxylation is 1. The molecule has 0 atom stereocenters. The van der Waals surface area contributed by atoms with Gasteiger partial charge in [-0.3, -0.25) is 0 Å². The first-order valence-corrected chi connectivity index (χ1v) is 7.37. The SMILES string of the molecule is CNCc1cnc(N2CCCC(C)(C)CC2)c(C)c1. The molecule has 106 valence electrons. The van der Waals surface area contributed by atoms with Crippen LogP contribution in [0.15, 0.2) is 12.3 Å². The second-order valence-corrected chi connectivity index (χ2v) is 6.52. The van der Waals surface area contributed by atoms with Crippen LogP contribution in [0.4, 0.5) is 5.82 Å². The number of hydrogen-bond acceptors (Lipinski definition) is 3. The predicted molar refractivity (Wildman–Crippen MR) is 81.6 cm³/mol. The molecule has 0 aliphatic carbocycles. The zero-order valence-corrected chi connectivity index (χ0v) is 12.8. The fraction of sp³-hybridized carbons (Fsp3) is 0.688. The van der Waals surface area contributed by atoms with Gasteiger partial charge < -0.3 is 10.2 Å². The third-order valence-electron chi connectivity index (χ3n) is 4.13. The molecule has 0 saturated carbocycles. The average Bonchev–Trinajstić information content (AvgIpc) is 2.51. The van der Waals surface area contributed by atoms with Crippen LogP contribution in [0.3, 0.4) is 0 Å². The van der Waals surface area contributed by atoms with Crippen LogP contribution in [0, 0.1) is 12.3 Å². The zero-order chi connectivity index (χ0) is 13.9. The standard InChI is InChI=1S/C16H27N3/c1-13-10-14(11-17-4)12-18-15(13)19-8-5-6-16(2,3)7-9-19/h10,12,17H,5-9,11H2,1-4H3. The van der Waals surface area contributed by atoms with E-state index in [0.717, 1.165) is 19.6 Å². The minimum absolute atomic E-state index is 0.481. The Labute approximate surface area is 117 Å². The highest BCUT2D eigenvalue weighted by atomic mass is 15.2. The van der Waals surface area contributed by atoms with Gasteiger partial charge in [-0.25, -0.2) is 4.98 Å². The van der Waals surface area contributed by atoms with Gasteiger partial charge in [0.1, 0.15) is 5.82 Å². The molecule has 3 heteroatoms. The van der Waals surface area contributed by atoms with Crippen LogP contribution in [-0.4, -0.2) is 25.1 Å². The molecular formula is C16H27N3. The molecule has 0 radical (unpaired) electrons. The quantitative estimate of drug-likeness (QED) is 0.906. The van der Waals surface area contributed by atoms with Crippen molar-refractivity contribution in [3.05, 3.63) is 23.4 Å². The highest BCUT2D eigenvalue weighted by Crippen LogP contribution is 2.31. The van der Waals surface area contributed by atoms with Gasteiger partial charge in [-0.1, -0.05) is 13.8 Å². The van der Waals surface area contributed by atoms with Crippen molar-refractivity contribution in [2.75, 3.05) is 25.0 Å². The number of hydrogen-bond donors (Lipinski definition) is 1. The molecule has 1 saturated heterocycles. The molecule has 0 spiro atoms. The molecule has 1 fully saturated rings. The summed E-state index contributed by atoms with van der Waals surface area (Å²) < 4.78 is 0. The van der Waals surface area contributed by atoms with Gasteiger partial charge in [-0.05, 0) is 55.8 Å². The first-order chi connectivity index (χ1) is 9.02. The monoisotopic (exact) mass is 261 g/mol. The van der Waals surface area contributed by atoms with Crippen molar-refractivity contribution in [2.24, 2.45) is 5.41 Å². The van der Waals surface area contributed by atoms with E-state index >= 15 is 0 Å². The van der Waals surface area contributed by atoms with Gasteiger partial charge >= 0.3 is 0 Å². The lowest BCUT2D eigenvalue weighted by atomic mass is 9.85. The molecule has 2 rings (SSSR count). The zero-order valence-electron chi connectivity index (χ0n) is 12.8. The fourth-order valence-corrected chi connectivity index (χ4v) is 2.89. The predicted octanol–water partition coefficient (Wildman–Crippen LogP) is 3.13.